The summed E-state index contributed by atoms with van der Waals surface area (Å²) in [6, 6.07) is 8.17. The van der Waals surface area contributed by atoms with Gasteiger partial charge in [0.2, 0.25) is 0 Å². The van der Waals surface area contributed by atoms with Crippen LogP contribution in [0, 0.1) is 13.8 Å². The van der Waals surface area contributed by atoms with Crippen molar-refractivity contribution in [2.24, 2.45) is 0 Å². The predicted molar refractivity (Wildman–Crippen MR) is 85.4 cm³/mol. The van der Waals surface area contributed by atoms with Gasteiger partial charge in [0.25, 0.3) is 5.91 Å². The molecule has 23 heavy (non-hydrogen) atoms. The number of aromatic nitrogens is 2. The molecule has 2 fully saturated rings. The van der Waals surface area contributed by atoms with Gasteiger partial charge in [0.15, 0.2) is 11.6 Å². The van der Waals surface area contributed by atoms with Crippen LogP contribution in [0.3, 0.4) is 0 Å². The number of anilines is 1. The molecule has 2 aromatic rings. The summed E-state index contributed by atoms with van der Waals surface area (Å²) in [5.74, 6) is 2.12. The molecular weight excluding hydrogens is 292 g/mol. The number of amides is 1. The molecule has 0 spiro atoms. The molecule has 0 radical (unpaired) electrons. The highest BCUT2D eigenvalue weighted by molar-refractivity contribution is 5.92. The summed E-state index contributed by atoms with van der Waals surface area (Å²) in [7, 11) is 0. The fraction of sp³-hybridized carbons (Fsp3) is 0.471. The van der Waals surface area contributed by atoms with E-state index in [-0.39, 0.29) is 11.9 Å². The summed E-state index contributed by atoms with van der Waals surface area (Å²) in [5.41, 5.74) is 0.918. The van der Waals surface area contributed by atoms with Crippen LogP contribution < -0.4 is 4.90 Å². The van der Waals surface area contributed by atoms with Gasteiger partial charge in [-0.25, -0.2) is 0 Å². The third-order valence-electron chi connectivity index (χ3n) is 4.87. The fourth-order valence-corrected chi connectivity index (χ4v) is 3.76. The summed E-state index contributed by atoms with van der Waals surface area (Å²) in [4.78, 5) is 16.9. The van der Waals surface area contributed by atoms with E-state index in [2.05, 4.69) is 15.1 Å². The van der Waals surface area contributed by atoms with E-state index in [1.807, 2.05) is 36.9 Å². The number of furan rings is 1. The standard InChI is InChI=1S/C17H20N4O2/c1-11-3-6-16(19-18-11)20-9-7-14-13(20)8-10-21(14)17(22)15-5-4-12(2)23-15/h3-6,13-14H,7-10H2,1-2H3/t13-,14-/m0/s1. The number of likely N-dealkylation sites (tertiary alicyclic amines) is 1. The van der Waals surface area contributed by atoms with Gasteiger partial charge in [-0.3, -0.25) is 4.79 Å². The molecule has 120 valence electrons. The predicted octanol–water partition coefficient (Wildman–Crippen LogP) is 2.18. The van der Waals surface area contributed by atoms with E-state index < -0.39 is 0 Å². The molecule has 2 aliphatic heterocycles. The van der Waals surface area contributed by atoms with Gasteiger partial charge < -0.3 is 14.2 Å². The highest BCUT2D eigenvalue weighted by Crippen LogP contribution is 2.35. The third kappa shape index (κ3) is 2.38. The molecule has 0 aliphatic carbocycles. The first-order valence-corrected chi connectivity index (χ1v) is 8.08. The van der Waals surface area contributed by atoms with Gasteiger partial charge in [-0.15, -0.1) is 5.10 Å². The van der Waals surface area contributed by atoms with Crippen molar-refractivity contribution in [3.8, 4) is 0 Å². The second kappa shape index (κ2) is 5.37. The summed E-state index contributed by atoms with van der Waals surface area (Å²) < 4.78 is 5.50. The Labute approximate surface area is 135 Å². The molecule has 2 aromatic heterocycles. The number of aryl methyl sites for hydroxylation is 2. The average Bonchev–Trinajstić information content (AvgIpc) is 3.23. The van der Waals surface area contributed by atoms with Crippen LogP contribution in [0.15, 0.2) is 28.7 Å². The average molecular weight is 312 g/mol. The lowest BCUT2D eigenvalue weighted by Crippen LogP contribution is -2.39. The van der Waals surface area contributed by atoms with Crippen molar-refractivity contribution in [3.63, 3.8) is 0 Å². The number of carbonyl (C=O) groups is 1. The van der Waals surface area contributed by atoms with Crippen molar-refractivity contribution < 1.29 is 9.21 Å². The smallest absolute Gasteiger partial charge is 0.289 e. The van der Waals surface area contributed by atoms with Crippen molar-refractivity contribution in [1.29, 1.82) is 0 Å². The Kier molecular flexibility index (Phi) is 3.32. The first-order valence-electron chi connectivity index (χ1n) is 8.08. The molecule has 0 N–H and O–H groups in total. The van der Waals surface area contributed by atoms with Crippen LogP contribution >= 0.6 is 0 Å². The lowest BCUT2D eigenvalue weighted by atomic mass is 10.1. The monoisotopic (exact) mass is 312 g/mol. The van der Waals surface area contributed by atoms with Crippen LogP contribution in [0.4, 0.5) is 5.82 Å². The molecule has 0 unspecified atom stereocenters. The van der Waals surface area contributed by atoms with Gasteiger partial charge in [0, 0.05) is 13.1 Å². The summed E-state index contributed by atoms with van der Waals surface area (Å²) in [5, 5.41) is 8.46. The molecule has 2 atom stereocenters. The van der Waals surface area contributed by atoms with E-state index in [1.165, 1.54) is 0 Å². The Morgan fingerprint density at radius 2 is 1.91 bits per heavy atom. The number of hydrogen-bond donors (Lipinski definition) is 0. The number of nitrogens with zero attached hydrogens (tertiary/aromatic N) is 4. The molecular formula is C17H20N4O2. The minimum absolute atomic E-state index is 0.00226. The number of hydrogen-bond acceptors (Lipinski definition) is 5. The Morgan fingerprint density at radius 3 is 2.61 bits per heavy atom. The SMILES string of the molecule is Cc1ccc(N2CC[C@H]3[C@@H]2CCN3C(=O)c2ccc(C)o2)nn1. The van der Waals surface area contributed by atoms with E-state index in [1.54, 1.807) is 6.07 Å². The van der Waals surface area contributed by atoms with E-state index in [4.69, 9.17) is 4.42 Å². The maximum Gasteiger partial charge on any atom is 0.289 e. The summed E-state index contributed by atoms with van der Waals surface area (Å²) >= 11 is 0. The molecule has 0 aromatic carbocycles. The van der Waals surface area contributed by atoms with Crippen molar-refractivity contribution in [2.45, 2.75) is 38.8 Å². The first-order chi connectivity index (χ1) is 11.1. The van der Waals surface area contributed by atoms with Crippen molar-refractivity contribution >= 4 is 11.7 Å². The fourth-order valence-electron chi connectivity index (χ4n) is 3.76. The second-order valence-electron chi connectivity index (χ2n) is 6.35. The Balaban J connectivity index is 1.53. The lowest BCUT2D eigenvalue weighted by Gasteiger charge is -2.25. The number of carbonyl (C=O) groups excluding carboxylic acids is 1. The highest BCUT2D eigenvalue weighted by atomic mass is 16.3. The maximum absolute atomic E-state index is 12.7. The van der Waals surface area contributed by atoms with Crippen LogP contribution in [0.2, 0.25) is 0 Å². The number of fused-ring (bicyclic) bond motifs is 1. The van der Waals surface area contributed by atoms with E-state index in [9.17, 15) is 4.79 Å². The zero-order valence-electron chi connectivity index (χ0n) is 13.4. The molecule has 2 aliphatic rings. The highest BCUT2D eigenvalue weighted by Gasteiger charge is 2.45. The Bertz CT molecular complexity index is 724. The molecule has 1 amide bonds. The summed E-state index contributed by atoms with van der Waals surface area (Å²) in [6.07, 6.45) is 1.93. The van der Waals surface area contributed by atoms with E-state index in [0.717, 1.165) is 43.2 Å². The second-order valence-corrected chi connectivity index (χ2v) is 6.35. The maximum atomic E-state index is 12.7. The van der Waals surface area contributed by atoms with Crippen LogP contribution in [0.25, 0.3) is 0 Å². The molecule has 4 rings (SSSR count). The first kappa shape index (κ1) is 14.2. The van der Waals surface area contributed by atoms with Gasteiger partial charge in [-0.1, -0.05) is 0 Å². The van der Waals surface area contributed by atoms with Gasteiger partial charge in [0.05, 0.1) is 17.8 Å². The van der Waals surface area contributed by atoms with Gasteiger partial charge in [-0.05, 0) is 51.0 Å². The molecule has 6 heteroatoms. The molecule has 6 nitrogen and oxygen atoms in total. The molecule has 2 saturated heterocycles. The van der Waals surface area contributed by atoms with Crippen LogP contribution in [-0.2, 0) is 0 Å². The molecule has 0 bridgehead atoms. The van der Waals surface area contributed by atoms with Crippen LogP contribution in [0.1, 0.15) is 34.9 Å². The largest absolute Gasteiger partial charge is 0.456 e. The zero-order valence-corrected chi connectivity index (χ0v) is 13.4. The topological polar surface area (TPSA) is 62.5 Å². The Morgan fingerprint density at radius 1 is 1.09 bits per heavy atom. The van der Waals surface area contributed by atoms with Crippen molar-refractivity contribution in [2.75, 3.05) is 18.0 Å². The number of rotatable bonds is 2. The Hall–Kier alpha value is -2.37. The lowest BCUT2D eigenvalue weighted by molar-refractivity contribution is 0.0704. The van der Waals surface area contributed by atoms with Gasteiger partial charge in [0.1, 0.15) is 5.76 Å². The molecule has 0 saturated carbocycles. The van der Waals surface area contributed by atoms with Crippen LogP contribution in [-0.4, -0.2) is 46.2 Å². The zero-order chi connectivity index (χ0) is 16.0. The van der Waals surface area contributed by atoms with E-state index in [0.29, 0.717) is 11.8 Å². The minimum atomic E-state index is 0.00226. The molecule has 4 heterocycles. The van der Waals surface area contributed by atoms with E-state index >= 15 is 0 Å². The minimum Gasteiger partial charge on any atom is -0.456 e. The van der Waals surface area contributed by atoms with Crippen molar-refractivity contribution in [3.05, 3.63) is 41.5 Å². The summed E-state index contributed by atoms with van der Waals surface area (Å²) in [6.45, 7) is 5.47. The quantitative estimate of drug-likeness (QED) is 0.850. The third-order valence-corrected chi connectivity index (χ3v) is 4.87. The van der Waals surface area contributed by atoms with Gasteiger partial charge >= 0.3 is 0 Å². The van der Waals surface area contributed by atoms with Crippen molar-refractivity contribution in [1.82, 2.24) is 15.1 Å². The normalized spacial score (nSPS) is 23.4. The van der Waals surface area contributed by atoms with Gasteiger partial charge in [-0.2, -0.15) is 5.10 Å². The van der Waals surface area contributed by atoms with Crippen LogP contribution in [0.5, 0.6) is 0 Å².